The molecule has 2 saturated heterocycles. The molecule has 3 amide bonds. The Kier molecular flexibility index (Phi) is 11.7. The van der Waals surface area contributed by atoms with Crippen LogP contribution in [0.2, 0.25) is 0 Å². The molecule has 0 spiro atoms. The van der Waals surface area contributed by atoms with Crippen molar-refractivity contribution >= 4 is 23.7 Å². The molecule has 0 aliphatic carbocycles. The lowest BCUT2D eigenvalue weighted by molar-refractivity contribution is -0.151. The number of nitrogens with one attached hydrogen (secondary N) is 1. The van der Waals surface area contributed by atoms with Gasteiger partial charge < -0.3 is 25.0 Å². The minimum Gasteiger partial charge on any atom is -0.467 e. The molecule has 2 aliphatic heterocycles. The fourth-order valence-corrected chi connectivity index (χ4v) is 5.60. The minimum absolute atomic E-state index is 0.0267. The summed E-state index contributed by atoms with van der Waals surface area (Å²) in [4.78, 5) is 59.2. The highest BCUT2D eigenvalue weighted by atomic mass is 16.5. The molecule has 0 radical (unpaired) electrons. The van der Waals surface area contributed by atoms with E-state index in [0.717, 1.165) is 25.8 Å². The number of esters is 1. The zero-order valence-electron chi connectivity index (χ0n) is 25.4. The Morgan fingerprint density at radius 2 is 1.74 bits per heavy atom. The van der Waals surface area contributed by atoms with Gasteiger partial charge in [-0.25, -0.2) is 4.79 Å². The third kappa shape index (κ3) is 8.62. The lowest BCUT2D eigenvalue weighted by Gasteiger charge is -2.40. The van der Waals surface area contributed by atoms with Gasteiger partial charge >= 0.3 is 5.97 Å². The normalized spacial score (nSPS) is 24.0. The summed E-state index contributed by atoms with van der Waals surface area (Å²) in [6, 6.07) is -1.96. The van der Waals surface area contributed by atoms with Gasteiger partial charge in [0.05, 0.1) is 25.8 Å². The van der Waals surface area contributed by atoms with Crippen LogP contribution in [0.5, 0.6) is 0 Å². The van der Waals surface area contributed by atoms with Crippen LogP contribution >= 0.6 is 0 Å². The first-order valence-electron chi connectivity index (χ1n) is 14.1. The maximum absolute atomic E-state index is 13.9. The van der Waals surface area contributed by atoms with Crippen LogP contribution in [0.4, 0.5) is 0 Å². The average Bonchev–Trinajstić information content (AvgIpc) is 3.25. The Hall–Kier alpha value is -2.24. The molecule has 2 rings (SSSR count). The molecule has 2 fully saturated rings. The molecule has 39 heavy (non-hydrogen) atoms. The third-order valence-corrected chi connectivity index (χ3v) is 8.06. The summed E-state index contributed by atoms with van der Waals surface area (Å²) < 4.78 is 4.81. The fraction of sp³-hybridized carbons (Fsp3) is 0.857. The summed E-state index contributed by atoms with van der Waals surface area (Å²) in [5.74, 6) is -1.02. The van der Waals surface area contributed by atoms with Crippen molar-refractivity contribution in [3.63, 3.8) is 0 Å². The number of ether oxygens (including phenoxy) is 1. The number of aliphatic hydroxyl groups excluding tert-OH is 1. The van der Waals surface area contributed by atoms with Crippen LogP contribution in [0.25, 0.3) is 0 Å². The lowest BCUT2D eigenvalue weighted by Crippen LogP contribution is -2.60. The molecule has 5 atom stereocenters. The summed E-state index contributed by atoms with van der Waals surface area (Å²) >= 11 is 0. The molecule has 2 aliphatic rings. The topological polar surface area (TPSA) is 123 Å². The number of carbonyl (C=O) groups is 4. The number of hydrogen-bond acceptors (Lipinski definition) is 8. The summed E-state index contributed by atoms with van der Waals surface area (Å²) in [7, 11) is 6.77. The van der Waals surface area contributed by atoms with Crippen LogP contribution in [0.1, 0.15) is 60.3 Å². The Labute approximate surface area is 234 Å². The number of methoxy groups -OCH3 is 1. The number of aliphatic hydroxyl groups is 1. The quantitative estimate of drug-likeness (QED) is 0.376. The second-order valence-corrected chi connectivity index (χ2v) is 12.7. The molecule has 2 N–H and O–H groups in total. The van der Waals surface area contributed by atoms with Crippen molar-refractivity contribution in [2.75, 3.05) is 54.4 Å². The molecular formula is C28H51N5O6. The molecular weight excluding hydrogens is 502 g/mol. The van der Waals surface area contributed by atoms with Crippen LogP contribution in [-0.2, 0) is 23.9 Å². The van der Waals surface area contributed by atoms with E-state index in [1.807, 2.05) is 46.6 Å². The van der Waals surface area contributed by atoms with E-state index in [9.17, 15) is 24.3 Å². The SMILES string of the molecule is COC(=O)C1C[C@@H](O)CN1C(=O)CN(C)C[C@H](C(C)C)N(C)C(=O)C(NC(=O)[C@H]1CCCCN1C)C(C)(C)C. The van der Waals surface area contributed by atoms with Gasteiger partial charge in [0.25, 0.3) is 0 Å². The Morgan fingerprint density at radius 3 is 2.28 bits per heavy atom. The zero-order chi connectivity index (χ0) is 29.7. The number of piperidine rings is 1. The predicted molar refractivity (Wildman–Crippen MR) is 149 cm³/mol. The maximum atomic E-state index is 13.9. The summed E-state index contributed by atoms with van der Waals surface area (Å²) in [5, 5.41) is 13.1. The standard InChI is InChI=1S/C28H51N5O6/c1-18(2)22(16-30(6)17-23(35)33-15-19(34)14-21(33)27(38)39-9)32(8)26(37)24(28(3,4)5)29-25(36)20-12-10-11-13-31(20)7/h18-22,24,34H,10-17H2,1-9H3,(H,29,36)/t19-,20-,21?,22-,24?/m1/s1. The predicted octanol–water partition coefficient (Wildman–Crippen LogP) is 0.551. The van der Waals surface area contributed by atoms with Crippen molar-refractivity contribution in [1.82, 2.24) is 24.9 Å². The Bertz CT molecular complexity index is 875. The van der Waals surface area contributed by atoms with E-state index in [4.69, 9.17) is 4.74 Å². The molecule has 2 heterocycles. The van der Waals surface area contributed by atoms with E-state index in [1.165, 1.54) is 12.0 Å². The zero-order valence-corrected chi connectivity index (χ0v) is 25.4. The van der Waals surface area contributed by atoms with Crippen molar-refractivity contribution < 1.29 is 29.0 Å². The lowest BCUT2D eigenvalue weighted by atomic mass is 9.84. The highest BCUT2D eigenvalue weighted by Gasteiger charge is 2.41. The number of carbonyl (C=O) groups excluding carboxylic acids is 4. The molecule has 0 aromatic carbocycles. The van der Waals surface area contributed by atoms with Crippen molar-refractivity contribution in [3.8, 4) is 0 Å². The molecule has 11 heteroatoms. The van der Waals surface area contributed by atoms with Crippen LogP contribution in [-0.4, -0.2) is 133 Å². The van der Waals surface area contributed by atoms with Crippen LogP contribution in [0, 0.1) is 11.3 Å². The molecule has 11 nitrogen and oxygen atoms in total. The van der Waals surface area contributed by atoms with Gasteiger partial charge in [-0.15, -0.1) is 0 Å². The Balaban J connectivity index is 2.11. The fourth-order valence-electron chi connectivity index (χ4n) is 5.60. The monoisotopic (exact) mass is 553 g/mol. The molecule has 0 aromatic heterocycles. The van der Waals surface area contributed by atoms with Gasteiger partial charge in [-0.3, -0.25) is 24.2 Å². The number of hydrogen-bond donors (Lipinski definition) is 2. The number of likely N-dealkylation sites (N-methyl/N-ethyl adjacent to an activating group) is 3. The van der Waals surface area contributed by atoms with E-state index in [2.05, 4.69) is 10.2 Å². The van der Waals surface area contributed by atoms with E-state index in [0.29, 0.717) is 6.54 Å². The van der Waals surface area contributed by atoms with E-state index in [1.54, 1.807) is 19.0 Å². The number of β-amino-alcohol motifs (C(OH)–C–C–N with tert-alkyl or cyclic N) is 1. The second kappa shape index (κ2) is 13.9. The van der Waals surface area contributed by atoms with Gasteiger partial charge in [0, 0.05) is 32.6 Å². The largest absolute Gasteiger partial charge is 0.467 e. The van der Waals surface area contributed by atoms with Gasteiger partial charge in [-0.1, -0.05) is 41.0 Å². The Morgan fingerprint density at radius 1 is 1.10 bits per heavy atom. The van der Waals surface area contributed by atoms with Gasteiger partial charge in [-0.2, -0.15) is 0 Å². The van der Waals surface area contributed by atoms with Crippen LogP contribution in [0.3, 0.4) is 0 Å². The summed E-state index contributed by atoms with van der Waals surface area (Å²) in [5.41, 5.74) is -0.503. The van der Waals surface area contributed by atoms with Gasteiger partial charge in [0.15, 0.2) is 0 Å². The minimum atomic E-state index is -0.796. The van der Waals surface area contributed by atoms with Crippen molar-refractivity contribution in [2.24, 2.45) is 11.3 Å². The van der Waals surface area contributed by atoms with E-state index in [-0.39, 0.29) is 55.2 Å². The number of rotatable bonds is 10. The molecule has 0 aromatic rings. The highest BCUT2D eigenvalue weighted by molar-refractivity contribution is 5.90. The molecule has 0 saturated carbocycles. The van der Waals surface area contributed by atoms with Gasteiger partial charge in [-0.05, 0) is 44.8 Å². The van der Waals surface area contributed by atoms with Gasteiger partial charge in [0.2, 0.25) is 17.7 Å². The number of likely N-dealkylation sites (tertiary alicyclic amines) is 2. The van der Waals surface area contributed by atoms with E-state index < -0.39 is 29.6 Å². The van der Waals surface area contributed by atoms with Crippen molar-refractivity contribution in [2.45, 2.75) is 90.6 Å². The second-order valence-electron chi connectivity index (χ2n) is 12.7. The third-order valence-electron chi connectivity index (χ3n) is 8.06. The average molecular weight is 554 g/mol. The maximum Gasteiger partial charge on any atom is 0.328 e. The van der Waals surface area contributed by atoms with E-state index >= 15 is 0 Å². The molecule has 224 valence electrons. The summed E-state index contributed by atoms with van der Waals surface area (Å²) in [6.45, 7) is 11.3. The molecule has 2 unspecified atom stereocenters. The molecule has 0 bridgehead atoms. The van der Waals surface area contributed by atoms with Crippen LogP contribution < -0.4 is 5.32 Å². The van der Waals surface area contributed by atoms with Gasteiger partial charge in [0.1, 0.15) is 12.1 Å². The smallest absolute Gasteiger partial charge is 0.328 e. The van der Waals surface area contributed by atoms with Crippen LogP contribution in [0.15, 0.2) is 0 Å². The number of amides is 3. The summed E-state index contributed by atoms with van der Waals surface area (Å²) in [6.07, 6.45) is 2.23. The highest BCUT2D eigenvalue weighted by Crippen LogP contribution is 2.25. The van der Waals surface area contributed by atoms with Crippen molar-refractivity contribution in [3.05, 3.63) is 0 Å². The first-order valence-corrected chi connectivity index (χ1v) is 14.1. The first-order chi connectivity index (χ1) is 18.1. The van der Waals surface area contributed by atoms with Crippen molar-refractivity contribution in [1.29, 1.82) is 0 Å². The number of nitrogens with zero attached hydrogens (tertiary/aromatic N) is 4. The first kappa shape index (κ1) is 33.0.